The highest BCUT2D eigenvalue weighted by molar-refractivity contribution is 5.76. The molecule has 1 aromatic heterocycles. The average molecular weight is 151 g/mol. The first kappa shape index (κ1) is 7.65. The molecule has 1 amide bonds. The lowest BCUT2D eigenvalue weighted by Crippen LogP contribution is -2.15. The van der Waals surface area contributed by atoms with Crippen molar-refractivity contribution < 1.29 is 4.79 Å². The normalized spacial score (nSPS) is 9.55. The summed E-state index contributed by atoms with van der Waals surface area (Å²) in [6.07, 6.45) is 1.75. The number of amides is 1. The first-order chi connectivity index (χ1) is 5.20. The summed E-state index contributed by atoms with van der Waals surface area (Å²) in [4.78, 5) is 10.5. The van der Waals surface area contributed by atoms with E-state index in [-0.39, 0.29) is 12.3 Å². The third-order valence-corrected chi connectivity index (χ3v) is 1.37. The maximum Gasteiger partial charge on any atom is 0.223 e. The van der Waals surface area contributed by atoms with Gasteiger partial charge in [0.15, 0.2) is 0 Å². The number of aryl methyl sites for hydroxylation is 1. The van der Waals surface area contributed by atoms with E-state index in [2.05, 4.69) is 10.2 Å². The molecule has 2 N–H and O–H groups in total. The molecule has 0 bridgehead atoms. The van der Waals surface area contributed by atoms with Crippen LogP contribution in [0.15, 0.2) is 12.3 Å². The lowest BCUT2D eigenvalue weighted by molar-refractivity contribution is -0.117. The number of hydrogen-bond donors (Lipinski definition) is 1. The minimum atomic E-state index is -0.381. The van der Waals surface area contributed by atoms with E-state index in [1.807, 2.05) is 6.92 Å². The van der Waals surface area contributed by atoms with Gasteiger partial charge < -0.3 is 5.73 Å². The number of primary amides is 1. The maximum atomic E-state index is 10.5. The van der Waals surface area contributed by atoms with Crippen LogP contribution < -0.4 is 5.73 Å². The van der Waals surface area contributed by atoms with E-state index in [1.165, 1.54) is 0 Å². The predicted octanol–water partition coefficient (Wildman–Crippen LogP) is -0.187. The number of nitrogens with two attached hydrogens (primary N) is 1. The zero-order valence-corrected chi connectivity index (χ0v) is 6.24. The number of carbonyl (C=O) groups is 1. The van der Waals surface area contributed by atoms with Crippen molar-refractivity contribution in [1.29, 1.82) is 0 Å². The number of rotatable bonds is 2. The van der Waals surface area contributed by atoms with Crippen LogP contribution in [0.2, 0.25) is 0 Å². The molecule has 58 valence electrons. The van der Waals surface area contributed by atoms with Gasteiger partial charge in [0.2, 0.25) is 5.91 Å². The van der Waals surface area contributed by atoms with Crippen LogP contribution in [0.5, 0.6) is 0 Å². The summed E-state index contributed by atoms with van der Waals surface area (Å²) in [5.74, 6) is -0.381. The fourth-order valence-electron chi connectivity index (χ4n) is 0.763. The van der Waals surface area contributed by atoms with Gasteiger partial charge in [-0.3, -0.25) is 4.79 Å². The first-order valence-corrected chi connectivity index (χ1v) is 3.25. The van der Waals surface area contributed by atoms with Crippen LogP contribution in [0.4, 0.5) is 0 Å². The molecule has 0 saturated heterocycles. The Kier molecular flexibility index (Phi) is 2.15. The Bertz CT molecular complexity index is 272. The zero-order chi connectivity index (χ0) is 8.27. The highest BCUT2D eigenvalue weighted by Crippen LogP contribution is 2.00. The molecule has 0 aliphatic carbocycles. The van der Waals surface area contributed by atoms with Crippen LogP contribution in [-0.4, -0.2) is 16.1 Å². The van der Waals surface area contributed by atoms with Gasteiger partial charge in [-0.2, -0.15) is 10.2 Å². The minimum absolute atomic E-state index is 0.166. The van der Waals surface area contributed by atoms with E-state index in [9.17, 15) is 4.79 Å². The van der Waals surface area contributed by atoms with Gasteiger partial charge in [0.25, 0.3) is 0 Å². The van der Waals surface area contributed by atoms with Gasteiger partial charge in [-0.15, -0.1) is 0 Å². The van der Waals surface area contributed by atoms with Crippen LogP contribution in [0.3, 0.4) is 0 Å². The summed E-state index contributed by atoms with van der Waals surface area (Å²) in [7, 11) is 0. The van der Waals surface area contributed by atoms with E-state index in [0.717, 1.165) is 5.56 Å². The molecule has 0 atom stereocenters. The summed E-state index contributed by atoms with van der Waals surface area (Å²) >= 11 is 0. The molecule has 1 aromatic rings. The van der Waals surface area contributed by atoms with E-state index in [4.69, 9.17) is 5.73 Å². The molecule has 0 fully saturated rings. The monoisotopic (exact) mass is 151 g/mol. The van der Waals surface area contributed by atoms with Gasteiger partial charge in [0.1, 0.15) is 0 Å². The number of hydrogen-bond acceptors (Lipinski definition) is 3. The van der Waals surface area contributed by atoms with E-state index in [0.29, 0.717) is 5.69 Å². The molecule has 0 unspecified atom stereocenters. The Balaban J connectivity index is 2.86. The van der Waals surface area contributed by atoms with E-state index in [1.54, 1.807) is 12.3 Å². The van der Waals surface area contributed by atoms with Crippen molar-refractivity contribution in [2.75, 3.05) is 0 Å². The molecule has 4 heteroatoms. The highest BCUT2D eigenvalue weighted by Gasteiger charge is 2.02. The van der Waals surface area contributed by atoms with Crippen LogP contribution in [0.1, 0.15) is 11.3 Å². The molecule has 0 aromatic carbocycles. The van der Waals surface area contributed by atoms with Gasteiger partial charge in [-0.1, -0.05) is 0 Å². The van der Waals surface area contributed by atoms with Crippen molar-refractivity contribution in [1.82, 2.24) is 10.2 Å². The van der Waals surface area contributed by atoms with Crippen molar-refractivity contribution in [3.63, 3.8) is 0 Å². The Morgan fingerprint density at radius 1 is 1.73 bits per heavy atom. The Hall–Kier alpha value is -1.45. The second-order valence-electron chi connectivity index (χ2n) is 2.30. The van der Waals surface area contributed by atoms with Crippen LogP contribution in [-0.2, 0) is 11.2 Å². The van der Waals surface area contributed by atoms with E-state index < -0.39 is 0 Å². The Labute approximate surface area is 64.4 Å². The van der Waals surface area contributed by atoms with Crippen molar-refractivity contribution in [3.8, 4) is 0 Å². The smallest absolute Gasteiger partial charge is 0.223 e. The standard InChI is InChI=1S/C7H9N3O/c1-5-2-3-9-10-6(5)4-7(8)11/h2-3H,4H2,1H3,(H2,8,11). The van der Waals surface area contributed by atoms with Crippen LogP contribution in [0, 0.1) is 6.92 Å². The van der Waals surface area contributed by atoms with E-state index >= 15 is 0 Å². The van der Waals surface area contributed by atoms with Gasteiger partial charge in [-0.25, -0.2) is 0 Å². The maximum absolute atomic E-state index is 10.5. The number of carbonyl (C=O) groups excluding carboxylic acids is 1. The van der Waals surface area contributed by atoms with Crippen LogP contribution in [0.25, 0.3) is 0 Å². The fourth-order valence-corrected chi connectivity index (χ4v) is 0.763. The lowest BCUT2D eigenvalue weighted by atomic mass is 10.2. The van der Waals surface area contributed by atoms with Gasteiger partial charge in [0, 0.05) is 6.20 Å². The summed E-state index contributed by atoms with van der Waals surface area (Å²) < 4.78 is 0. The van der Waals surface area contributed by atoms with Crippen molar-refractivity contribution in [3.05, 3.63) is 23.5 Å². The summed E-state index contributed by atoms with van der Waals surface area (Å²) in [6.45, 7) is 1.87. The number of nitrogens with zero attached hydrogens (tertiary/aromatic N) is 2. The second-order valence-corrected chi connectivity index (χ2v) is 2.30. The van der Waals surface area contributed by atoms with Crippen LogP contribution >= 0.6 is 0 Å². The predicted molar refractivity (Wildman–Crippen MR) is 39.7 cm³/mol. The topological polar surface area (TPSA) is 68.9 Å². The molecule has 0 aliphatic heterocycles. The molecule has 4 nitrogen and oxygen atoms in total. The summed E-state index contributed by atoms with van der Waals surface area (Å²) in [5, 5.41) is 7.41. The lowest BCUT2D eigenvalue weighted by Gasteiger charge is -1.97. The first-order valence-electron chi connectivity index (χ1n) is 3.25. The SMILES string of the molecule is Cc1ccnnc1CC(N)=O. The quantitative estimate of drug-likeness (QED) is 0.637. The fraction of sp³-hybridized carbons (Fsp3) is 0.286. The minimum Gasteiger partial charge on any atom is -0.369 e. The largest absolute Gasteiger partial charge is 0.369 e. The third kappa shape index (κ3) is 2.00. The average Bonchev–Trinajstić information content (AvgIpc) is 1.93. The summed E-state index contributed by atoms with van der Waals surface area (Å²) in [5.41, 5.74) is 6.58. The molecule has 0 radical (unpaired) electrons. The molecule has 11 heavy (non-hydrogen) atoms. The van der Waals surface area contributed by atoms with Gasteiger partial charge in [0.05, 0.1) is 12.1 Å². The molecule has 1 rings (SSSR count). The van der Waals surface area contributed by atoms with Crippen molar-refractivity contribution in [2.24, 2.45) is 5.73 Å². The molecule has 0 aliphatic rings. The molecular weight excluding hydrogens is 142 g/mol. The van der Waals surface area contributed by atoms with Gasteiger partial charge >= 0.3 is 0 Å². The molecule has 0 saturated carbocycles. The Morgan fingerprint density at radius 2 is 2.45 bits per heavy atom. The van der Waals surface area contributed by atoms with Crippen molar-refractivity contribution >= 4 is 5.91 Å². The second kappa shape index (κ2) is 3.09. The Morgan fingerprint density at radius 3 is 3.00 bits per heavy atom. The molecule has 0 spiro atoms. The summed E-state index contributed by atoms with van der Waals surface area (Å²) in [6, 6.07) is 1.80. The molecular formula is C7H9N3O. The third-order valence-electron chi connectivity index (χ3n) is 1.37. The van der Waals surface area contributed by atoms with Crippen molar-refractivity contribution in [2.45, 2.75) is 13.3 Å². The number of aromatic nitrogens is 2. The highest BCUT2D eigenvalue weighted by atomic mass is 16.1. The zero-order valence-electron chi connectivity index (χ0n) is 6.24. The molecule has 1 heterocycles. The van der Waals surface area contributed by atoms with Gasteiger partial charge in [-0.05, 0) is 18.6 Å².